The average molecular weight is 742 g/mol. The molecule has 49 heavy (non-hydrogen) atoms. The molecule has 0 saturated carbocycles. The van der Waals surface area contributed by atoms with Crippen LogP contribution in [0.4, 0.5) is 0 Å². The van der Waals surface area contributed by atoms with Gasteiger partial charge in [-0.1, -0.05) is 24.3 Å². The first kappa shape index (κ1) is 43.5. The van der Waals surface area contributed by atoms with Gasteiger partial charge >= 0.3 is 25.8 Å². The molecule has 2 aromatic rings. The minimum Gasteiger partial charge on any atom is -0.870 e. The molecule has 1 aliphatic rings. The molecule has 0 aromatic heterocycles. The van der Waals surface area contributed by atoms with Crippen LogP contribution in [0.15, 0.2) is 36.4 Å². The quantitative estimate of drug-likeness (QED) is 0.111. The van der Waals surface area contributed by atoms with E-state index in [4.69, 9.17) is 4.74 Å². The van der Waals surface area contributed by atoms with E-state index in [0.717, 1.165) is 28.4 Å². The van der Waals surface area contributed by atoms with Crippen LogP contribution in [0, 0.1) is 0 Å². The van der Waals surface area contributed by atoms with E-state index < -0.39 is 36.4 Å². The van der Waals surface area contributed by atoms with Crippen LogP contribution in [0.5, 0.6) is 5.75 Å². The molecule has 1 unspecified atom stereocenters. The fraction of sp³-hybridized carbons (Fsp3) is 0.545. The molecule has 16 heteroatoms. The number of ether oxygens (including phenoxy) is 1. The predicted octanol–water partition coefficient (Wildman–Crippen LogP) is -2.34. The third-order valence-corrected chi connectivity index (χ3v) is 8.55. The number of aldehydes is 1. The Morgan fingerprint density at radius 1 is 0.878 bits per heavy atom. The van der Waals surface area contributed by atoms with Gasteiger partial charge in [-0.2, -0.15) is 0 Å². The molecular weight excluding hydrogens is 696 g/mol. The maximum Gasteiger partial charge on any atom is 3.00 e. The van der Waals surface area contributed by atoms with E-state index in [1.807, 2.05) is 48.2 Å². The van der Waals surface area contributed by atoms with Crippen molar-refractivity contribution in [3.63, 3.8) is 0 Å². The Bertz CT molecular complexity index is 1380. The van der Waals surface area contributed by atoms with E-state index in [0.29, 0.717) is 26.1 Å². The van der Waals surface area contributed by atoms with Crippen molar-refractivity contribution in [2.24, 2.45) is 0 Å². The molecule has 0 spiro atoms. The summed E-state index contributed by atoms with van der Waals surface area (Å²) in [5, 5.41) is 37.8. The Hall–Kier alpha value is -3.51. The van der Waals surface area contributed by atoms with Crippen LogP contribution in [0.2, 0.25) is 0 Å². The van der Waals surface area contributed by atoms with Crippen LogP contribution in [-0.2, 0) is 24.0 Å². The van der Waals surface area contributed by atoms with Gasteiger partial charge < -0.3 is 45.2 Å². The average Bonchev–Trinajstić information content (AvgIpc) is 3.03. The van der Waals surface area contributed by atoms with Crippen LogP contribution < -0.4 is 20.3 Å². The summed E-state index contributed by atoms with van der Waals surface area (Å²) < 4.78 is 5.28. The molecule has 1 heterocycles. The number of amides is 1. The number of nitrogens with zero attached hydrogens (tertiary/aromatic N) is 4. The molecule has 2 atom stereocenters. The van der Waals surface area contributed by atoms with Crippen molar-refractivity contribution in [2.45, 2.75) is 31.7 Å². The van der Waals surface area contributed by atoms with E-state index in [-0.39, 0.29) is 90.0 Å². The van der Waals surface area contributed by atoms with Crippen molar-refractivity contribution in [2.75, 3.05) is 85.6 Å². The zero-order valence-electron chi connectivity index (χ0n) is 28.1. The van der Waals surface area contributed by atoms with Gasteiger partial charge in [-0.25, -0.2) is 0 Å². The van der Waals surface area contributed by atoms with Gasteiger partial charge in [0.05, 0.1) is 31.5 Å². The first-order valence-corrected chi connectivity index (χ1v) is 15.8. The van der Waals surface area contributed by atoms with E-state index in [2.05, 4.69) is 5.32 Å². The Morgan fingerprint density at radius 3 is 1.96 bits per heavy atom. The largest absolute Gasteiger partial charge is 3.00 e. The van der Waals surface area contributed by atoms with Crippen LogP contribution in [0.25, 0.3) is 10.8 Å². The normalized spacial score (nSPS) is 16.9. The van der Waals surface area contributed by atoms with Crippen LogP contribution in [-0.4, -0.2) is 172 Å². The monoisotopic (exact) mass is 741 g/mol. The first-order chi connectivity index (χ1) is 22.5. The van der Waals surface area contributed by atoms with Crippen molar-refractivity contribution in [1.82, 2.24) is 24.9 Å². The van der Waals surface area contributed by atoms with Crippen LogP contribution in [0.3, 0.4) is 0 Å². The first-order valence-electron chi connectivity index (χ1n) is 15.8. The second kappa shape index (κ2) is 22.3. The Morgan fingerprint density at radius 2 is 1.41 bits per heavy atom. The molecule has 1 aliphatic heterocycles. The van der Waals surface area contributed by atoms with Gasteiger partial charge in [0.25, 0.3) is 0 Å². The summed E-state index contributed by atoms with van der Waals surface area (Å²) in [6.07, 6.45) is 1.37. The van der Waals surface area contributed by atoms with Crippen molar-refractivity contribution < 1.29 is 49.5 Å². The molecule has 0 radical (unpaired) electrons. The Labute approximate surface area is 299 Å². The third-order valence-electron chi connectivity index (χ3n) is 8.55. The predicted molar refractivity (Wildman–Crippen MR) is 177 cm³/mol. The number of hydrogen-bond donors (Lipinski definition) is 2. The van der Waals surface area contributed by atoms with Gasteiger partial charge in [0.15, 0.2) is 0 Å². The molecule has 15 nitrogen and oxygen atoms in total. The van der Waals surface area contributed by atoms with Gasteiger partial charge in [-0.3, -0.25) is 29.2 Å². The van der Waals surface area contributed by atoms with Crippen LogP contribution in [0.1, 0.15) is 31.2 Å². The number of carbonyl (C=O) groups is 5. The van der Waals surface area contributed by atoms with E-state index >= 15 is 0 Å². The maximum atomic E-state index is 13.0. The summed E-state index contributed by atoms with van der Waals surface area (Å²) in [4.78, 5) is 66.3. The number of fused-ring (bicyclic) bond motifs is 1. The fourth-order valence-electron chi connectivity index (χ4n) is 5.75. The molecular formula is C33H46GaN5O10. The second-order valence-electron chi connectivity index (χ2n) is 11.8. The minimum atomic E-state index is -1.30. The SMILES string of the molecule is COc1ccc2cc([C@H](C)C(=O)NCCCC(C(=O)O)N3CCN(CC=O)CCN(CC(=O)[O-])CCN(CC(=O)[O-])CC3)ccc2c1.[Ga+3].[OH-]. The fourth-order valence-corrected chi connectivity index (χ4v) is 5.75. The number of hydrogen-bond acceptors (Lipinski definition) is 13. The van der Waals surface area contributed by atoms with E-state index in [1.54, 1.807) is 21.8 Å². The minimum absolute atomic E-state index is 0. The summed E-state index contributed by atoms with van der Waals surface area (Å²) in [6, 6.07) is 10.6. The number of carboxylic acid groups (broad SMARTS) is 3. The molecule has 3 N–H and O–H groups in total. The molecule has 2 aromatic carbocycles. The number of rotatable bonds is 15. The topological polar surface area (TPSA) is 216 Å². The Kier molecular flexibility index (Phi) is 19.8. The van der Waals surface area contributed by atoms with E-state index in [1.165, 1.54) is 0 Å². The molecule has 0 bridgehead atoms. The van der Waals surface area contributed by atoms with Gasteiger partial charge in [-0.15, -0.1) is 0 Å². The number of benzene rings is 2. The summed E-state index contributed by atoms with van der Waals surface area (Å²) in [5.41, 5.74) is 0.853. The molecule has 266 valence electrons. The van der Waals surface area contributed by atoms with E-state index in [9.17, 15) is 39.3 Å². The second-order valence-corrected chi connectivity index (χ2v) is 11.8. The van der Waals surface area contributed by atoms with Crippen molar-refractivity contribution in [3.05, 3.63) is 42.0 Å². The van der Waals surface area contributed by atoms with Crippen molar-refractivity contribution in [3.8, 4) is 5.75 Å². The summed E-state index contributed by atoms with van der Waals surface area (Å²) in [7, 11) is 1.61. The maximum absolute atomic E-state index is 13.0. The number of methoxy groups -OCH3 is 1. The molecule has 0 aliphatic carbocycles. The molecule has 1 fully saturated rings. The van der Waals surface area contributed by atoms with Crippen LogP contribution >= 0.6 is 0 Å². The summed E-state index contributed by atoms with van der Waals surface area (Å²) >= 11 is 0. The standard InChI is InChI=1S/C33H47N5O9.Ga.H2O/c1-24(25-5-6-27-21-28(47-2)8-7-26(27)20-25)32(44)34-9-3-4-29(33(45)46)38-16-14-35(18-19-39)10-11-36(22-30(40)41)12-13-37(15-17-38)23-31(42)43;;/h5-8,19-21,24,29H,3-4,9-18,22-23H2,1-2H3,(H,34,44)(H,40,41)(H,42,43)(H,45,46);;1H2/q;+3;/p-3/t24-,29?;;/m0../s1. The number of carboxylic acids is 3. The van der Waals surface area contributed by atoms with Gasteiger partial charge in [-0.05, 0) is 48.2 Å². The molecule has 3 rings (SSSR count). The zero-order chi connectivity index (χ0) is 34.3. The van der Waals surface area contributed by atoms with Gasteiger partial charge in [0, 0.05) is 72.0 Å². The number of nitrogens with one attached hydrogen (secondary N) is 1. The van der Waals surface area contributed by atoms with Crippen molar-refractivity contribution >= 4 is 60.7 Å². The third kappa shape index (κ3) is 14.5. The zero-order valence-corrected chi connectivity index (χ0v) is 30.5. The summed E-state index contributed by atoms with van der Waals surface area (Å²) in [6.45, 7) is 3.62. The van der Waals surface area contributed by atoms with Gasteiger partial charge in [0.1, 0.15) is 18.1 Å². The summed E-state index contributed by atoms with van der Waals surface area (Å²) in [5.74, 6) is -3.45. The van der Waals surface area contributed by atoms with Crippen molar-refractivity contribution in [1.29, 1.82) is 0 Å². The number of carbonyl (C=O) groups excluding carboxylic acids is 4. The molecule has 1 saturated heterocycles. The Balaban J connectivity index is 0.00000600. The van der Waals surface area contributed by atoms with Gasteiger partial charge in [0.2, 0.25) is 5.91 Å². The number of aliphatic carboxylic acids is 3. The molecule has 1 amide bonds. The smallest absolute Gasteiger partial charge is 0.870 e.